The molecule has 3 rings (SSSR count). The quantitative estimate of drug-likeness (QED) is 0.831. The molecule has 2 heterocycles. The third-order valence-electron chi connectivity index (χ3n) is 4.06. The van der Waals surface area contributed by atoms with Crippen molar-refractivity contribution in [1.82, 2.24) is 10.1 Å². The van der Waals surface area contributed by atoms with E-state index in [1.807, 2.05) is 19.9 Å². The van der Waals surface area contributed by atoms with Crippen molar-refractivity contribution in [2.24, 2.45) is 0 Å². The summed E-state index contributed by atoms with van der Waals surface area (Å²) in [6.45, 7) is 4.42. The molecule has 0 aliphatic carbocycles. The number of carbonyl (C=O) groups is 1. The van der Waals surface area contributed by atoms with Crippen molar-refractivity contribution in [2.45, 2.75) is 13.8 Å². The van der Waals surface area contributed by atoms with Crippen molar-refractivity contribution < 1.29 is 18.8 Å². The number of aromatic nitrogens is 1. The number of hydrogen-bond acceptors (Lipinski definition) is 6. The third kappa shape index (κ3) is 3.37. The molecule has 0 atom stereocenters. The molecule has 1 aliphatic rings. The Morgan fingerprint density at radius 2 is 2.04 bits per heavy atom. The lowest BCUT2D eigenvalue weighted by Gasteiger charge is -2.18. The number of hydrogen-bond donors (Lipinski definition) is 0. The summed E-state index contributed by atoms with van der Waals surface area (Å²) in [6.07, 6.45) is 1.97. The lowest BCUT2D eigenvalue weighted by Crippen LogP contribution is -2.26. The van der Waals surface area contributed by atoms with Gasteiger partial charge in [-0.25, -0.2) is 0 Å². The highest BCUT2D eigenvalue weighted by atomic mass is 32.2. The molecule has 6 nitrogen and oxygen atoms in total. The molecule has 0 spiro atoms. The fraction of sp³-hybridized carbons (Fsp3) is 0.333. The number of benzene rings is 1. The van der Waals surface area contributed by atoms with Crippen LogP contribution in [0.15, 0.2) is 27.8 Å². The van der Waals surface area contributed by atoms with Gasteiger partial charge < -0.3 is 18.9 Å². The Morgan fingerprint density at radius 1 is 1.28 bits per heavy atom. The molecule has 25 heavy (non-hydrogen) atoms. The topological polar surface area (TPSA) is 64.8 Å². The standard InChI is InChI=1S/C18H20N2O4S/c1-11-14(12(2)24-19-11)10-17-20(7-8-25-17)18(21)13-5-6-15(22-3)16(9-13)23-4/h5-6,9-10H,7-8H2,1-4H3/b17-10+. The minimum Gasteiger partial charge on any atom is -0.493 e. The normalized spacial score (nSPS) is 15.7. The lowest BCUT2D eigenvalue weighted by atomic mass is 10.1. The molecule has 1 amide bonds. The fourth-order valence-electron chi connectivity index (χ4n) is 2.70. The molecule has 0 bridgehead atoms. The van der Waals surface area contributed by atoms with Crippen LogP contribution in [-0.2, 0) is 0 Å². The van der Waals surface area contributed by atoms with Crippen molar-refractivity contribution in [2.75, 3.05) is 26.5 Å². The molecule has 0 N–H and O–H groups in total. The molecule has 1 aromatic carbocycles. The maximum atomic E-state index is 13.0. The Hall–Kier alpha value is -2.41. The zero-order valence-corrected chi connectivity index (χ0v) is 15.5. The van der Waals surface area contributed by atoms with Gasteiger partial charge in [-0.2, -0.15) is 0 Å². The molecule has 2 aromatic rings. The predicted molar refractivity (Wildman–Crippen MR) is 97.0 cm³/mol. The van der Waals surface area contributed by atoms with Crippen molar-refractivity contribution in [3.63, 3.8) is 0 Å². The zero-order valence-electron chi connectivity index (χ0n) is 14.7. The van der Waals surface area contributed by atoms with Gasteiger partial charge >= 0.3 is 0 Å². The summed E-state index contributed by atoms with van der Waals surface area (Å²) in [5.74, 6) is 2.67. The molecular formula is C18H20N2O4S. The van der Waals surface area contributed by atoms with E-state index < -0.39 is 0 Å². The number of thioether (sulfide) groups is 1. The second-order valence-corrected chi connectivity index (χ2v) is 6.71. The number of aryl methyl sites for hydroxylation is 2. The van der Waals surface area contributed by atoms with Gasteiger partial charge in [0.2, 0.25) is 0 Å². The van der Waals surface area contributed by atoms with Crippen LogP contribution in [0.25, 0.3) is 6.08 Å². The van der Waals surface area contributed by atoms with E-state index in [4.69, 9.17) is 14.0 Å². The van der Waals surface area contributed by atoms with Crippen LogP contribution in [0.3, 0.4) is 0 Å². The highest BCUT2D eigenvalue weighted by Gasteiger charge is 2.26. The smallest absolute Gasteiger partial charge is 0.258 e. The van der Waals surface area contributed by atoms with Crippen LogP contribution in [0.1, 0.15) is 27.4 Å². The van der Waals surface area contributed by atoms with Gasteiger partial charge in [-0.1, -0.05) is 5.16 Å². The summed E-state index contributed by atoms with van der Waals surface area (Å²) in [7, 11) is 3.13. The number of carbonyl (C=O) groups excluding carboxylic acids is 1. The van der Waals surface area contributed by atoms with Crippen LogP contribution in [0.5, 0.6) is 11.5 Å². The molecule has 1 aromatic heterocycles. The Kier molecular flexibility index (Phi) is 5.03. The van der Waals surface area contributed by atoms with E-state index in [-0.39, 0.29) is 5.91 Å². The zero-order chi connectivity index (χ0) is 18.0. The Labute approximate surface area is 150 Å². The van der Waals surface area contributed by atoms with Gasteiger partial charge in [-0.15, -0.1) is 11.8 Å². The minimum absolute atomic E-state index is 0.0658. The molecule has 0 unspecified atom stereocenters. The lowest BCUT2D eigenvalue weighted by molar-refractivity contribution is 0.0830. The van der Waals surface area contributed by atoms with Crippen molar-refractivity contribution in [3.8, 4) is 11.5 Å². The van der Waals surface area contributed by atoms with Crippen molar-refractivity contribution in [1.29, 1.82) is 0 Å². The number of methoxy groups -OCH3 is 2. The monoisotopic (exact) mass is 360 g/mol. The maximum absolute atomic E-state index is 13.0. The van der Waals surface area contributed by atoms with E-state index in [9.17, 15) is 4.79 Å². The van der Waals surface area contributed by atoms with Crippen molar-refractivity contribution in [3.05, 3.63) is 45.8 Å². The van der Waals surface area contributed by atoms with Crippen LogP contribution in [0.4, 0.5) is 0 Å². The van der Waals surface area contributed by atoms with Crippen LogP contribution in [-0.4, -0.2) is 42.5 Å². The van der Waals surface area contributed by atoms with E-state index in [2.05, 4.69) is 5.16 Å². The van der Waals surface area contributed by atoms with Crippen LogP contribution < -0.4 is 9.47 Å². The first-order valence-electron chi connectivity index (χ1n) is 7.86. The summed E-state index contributed by atoms with van der Waals surface area (Å²) in [5.41, 5.74) is 2.30. The largest absolute Gasteiger partial charge is 0.493 e. The molecule has 132 valence electrons. The number of nitrogens with zero attached hydrogens (tertiary/aromatic N) is 2. The number of ether oxygens (including phenoxy) is 2. The maximum Gasteiger partial charge on any atom is 0.258 e. The summed E-state index contributed by atoms with van der Waals surface area (Å²) in [5, 5.41) is 4.86. The first kappa shape index (κ1) is 17.4. The van der Waals surface area contributed by atoms with E-state index >= 15 is 0 Å². The second-order valence-electron chi connectivity index (χ2n) is 5.60. The first-order chi connectivity index (χ1) is 12.0. The Bertz CT molecular complexity index is 809. The SMILES string of the molecule is COc1ccc(C(=O)N2CCS/C2=C/c2c(C)noc2C)cc1OC. The van der Waals surface area contributed by atoms with E-state index in [0.29, 0.717) is 23.6 Å². The van der Waals surface area contributed by atoms with Gasteiger partial charge in [0.15, 0.2) is 11.5 Å². The summed E-state index contributed by atoms with van der Waals surface area (Å²) >= 11 is 1.65. The van der Waals surface area contributed by atoms with Crippen LogP contribution in [0, 0.1) is 13.8 Å². The molecular weight excluding hydrogens is 340 g/mol. The summed E-state index contributed by atoms with van der Waals surface area (Å²) < 4.78 is 15.7. The van der Waals surface area contributed by atoms with Crippen LogP contribution >= 0.6 is 11.8 Å². The van der Waals surface area contributed by atoms with E-state index in [0.717, 1.165) is 27.8 Å². The highest BCUT2D eigenvalue weighted by Crippen LogP contribution is 2.34. The highest BCUT2D eigenvalue weighted by molar-refractivity contribution is 8.03. The summed E-state index contributed by atoms with van der Waals surface area (Å²) in [4.78, 5) is 14.7. The van der Waals surface area contributed by atoms with E-state index in [1.54, 1.807) is 49.1 Å². The van der Waals surface area contributed by atoms with Gasteiger partial charge in [0.1, 0.15) is 5.76 Å². The molecule has 7 heteroatoms. The average Bonchev–Trinajstić information content (AvgIpc) is 3.22. The van der Waals surface area contributed by atoms with Crippen LogP contribution in [0.2, 0.25) is 0 Å². The fourth-order valence-corrected chi connectivity index (χ4v) is 3.71. The molecule has 1 fully saturated rings. The molecule has 0 saturated carbocycles. The average molecular weight is 360 g/mol. The second kappa shape index (κ2) is 7.23. The molecule has 0 radical (unpaired) electrons. The van der Waals surface area contributed by atoms with Crippen molar-refractivity contribution >= 4 is 23.7 Å². The predicted octanol–water partition coefficient (Wildman–Crippen LogP) is 3.50. The first-order valence-corrected chi connectivity index (χ1v) is 8.85. The molecule has 1 aliphatic heterocycles. The Morgan fingerprint density at radius 3 is 2.68 bits per heavy atom. The van der Waals surface area contributed by atoms with Gasteiger partial charge in [-0.3, -0.25) is 4.79 Å². The van der Waals surface area contributed by atoms with Gasteiger partial charge in [-0.05, 0) is 38.1 Å². The third-order valence-corrected chi connectivity index (χ3v) is 5.08. The number of amides is 1. The van der Waals surface area contributed by atoms with Gasteiger partial charge in [0, 0.05) is 23.4 Å². The summed E-state index contributed by atoms with van der Waals surface area (Å²) in [6, 6.07) is 5.20. The minimum atomic E-state index is -0.0658. The Balaban J connectivity index is 1.91. The number of rotatable bonds is 4. The van der Waals surface area contributed by atoms with Gasteiger partial charge in [0.05, 0.1) is 24.9 Å². The van der Waals surface area contributed by atoms with E-state index in [1.165, 1.54) is 0 Å². The van der Waals surface area contributed by atoms with Gasteiger partial charge in [0.25, 0.3) is 5.91 Å². The molecule has 1 saturated heterocycles.